The smallest absolute Gasteiger partial charge is 0.357 e. The number of anilines is 1. The van der Waals surface area contributed by atoms with Gasteiger partial charge in [-0.1, -0.05) is 18.2 Å². The Morgan fingerprint density at radius 1 is 1.44 bits per heavy atom. The van der Waals surface area contributed by atoms with Crippen LogP contribution in [0.1, 0.15) is 5.56 Å². The van der Waals surface area contributed by atoms with Crippen LogP contribution in [0.15, 0.2) is 24.3 Å². The second kappa shape index (κ2) is 4.31. The third-order valence-corrected chi connectivity index (χ3v) is 2.74. The number of ether oxygens (including phenoxy) is 1. The van der Waals surface area contributed by atoms with E-state index in [0.717, 1.165) is 0 Å². The molecule has 0 spiro atoms. The van der Waals surface area contributed by atoms with Crippen molar-refractivity contribution in [2.75, 3.05) is 4.72 Å². The highest BCUT2D eigenvalue weighted by Crippen LogP contribution is 2.34. The van der Waals surface area contributed by atoms with Crippen LogP contribution in [0.2, 0.25) is 0 Å². The summed E-state index contributed by atoms with van der Waals surface area (Å²) in [4.78, 5) is 11.0. The topological polar surface area (TPSA) is 119 Å². The van der Waals surface area contributed by atoms with Gasteiger partial charge in [-0.25, -0.2) is 0 Å². The molecule has 1 unspecified atom stereocenters. The average molecular weight is 270 g/mol. The summed E-state index contributed by atoms with van der Waals surface area (Å²) in [5.74, 6) is -0.556. The first kappa shape index (κ1) is 12.4. The first-order valence-corrected chi connectivity index (χ1v) is 6.33. The summed E-state index contributed by atoms with van der Waals surface area (Å²) in [6, 6.07) is 4.63. The summed E-state index contributed by atoms with van der Waals surface area (Å²) in [6.07, 6.45) is 2.08. The summed E-state index contributed by atoms with van der Waals surface area (Å²) in [5.41, 5.74) is 5.70. The van der Waals surface area contributed by atoms with Crippen molar-refractivity contribution in [1.82, 2.24) is 0 Å². The fourth-order valence-corrected chi connectivity index (χ4v) is 1.99. The number of benzene rings is 1. The highest BCUT2D eigenvalue weighted by Gasteiger charge is 2.22. The second-order valence-electron chi connectivity index (χ2n) is 3.60. The van der Waals surface area contributed by atoms with Gasteiger partial charge < -0.3 is 10.5 Å². The van der Waals surface area contributed by atoms with Crippen LogP contribution in [0.25, 0.3) is 6.08 Å². The molecule has 8 heteroatoms. The van der Waals surface area contributed by atoms with Crippen molar-refractivity contribution in [1.29, 1.82) is 0 Å². The van der Waals surface area contributed by atoms with Gasteiger partial charge in [0.1, 0.15) is 0 Å². The average Bonchev–Trinajstić information content (AvgIpc) is 2.26. The third-order valence-electron chi connectivity index (χ3n) is 2.26. The maximum atomic E-state index is 11.0. The van der Waals surface area contributed by atoms with Crippen LogP contribution < -0.4 is 15.2 Å². The van der Waals surface area contributed by atoms with E-state index >= 15 is 0 Å². The van der Waals surface area contributed by atoms with E-state index in [-0.39, 0.29) is 11.4 Å². The number of carbonyl (C=O) groups is 1. The van der Waals surface area contributed by atoms with E-state index in [1.165, 1.54) is 12.1 Å². The lowest BCUT2D eigenvalue weighted by Crippen LogP contribution is -2.33. The van der Waals surface area contributed by atoms with Gasteiger partial charge in [-0.3, -0.25) is 14.1 Å². The van der Waals surface area contributed by atoms with Gasteiger partial charge in [0.25, 0.3) is 5.91 Å². The Balaban J connectivity index is 2.42. The number of fused-ring (bicyclic) bond motifs is 1. The van der Waals surface area contributed by atoms with Gasteiger partial charge in [-0.15, -0.1) is 0 Å². The molecule has 18 heavy (non-hydrogen) atoms. The maximum absolute atomic E-state index is 11.0. The van der Waals surface area contributed by atoms with Crippen molar-refractivity contribution in [3.05, 3.63) is 29.8 Å². The Labute approximate surface area is 103 Å². The van der Waals surface area contributed by atoms with Crippen LogP contribution in [-0.4, -0.2) is 25.0 Å². The Morgan fingerprint density at radius 3 is 2.78 bits per heavy atom. The summed E-state index contributed by atoms with van der Waals surface area (Å²) in [6.45, 7) is 0. The quantitative estimate of drug-likeness (QED) is 0.676. The van der Waals surface area contributed by atoms with Crippen molar-refractivity contribution in [3.8, 4) is 5.75 Å². The fourth-order valence-electron chi connectivity index (χ4n) is 1.55. The van der Waals surface area contributed by atoms with E-state index in [1.807, 2.05) is 4.72 Å². The lowest BCUT2D eigenvalue weighted by molar-refractivity contribution is -0.122. The van der Waals surface area contributed by atoms with Crippen molar-refractivity contribution in [2.24, 2.45) is 5.73 Å². The first-order valence-electron chi connectivity index (χ1n) is 4.89. The normalized spacial score (nSPS) is 17.7. The molecule has 0 saturated heterocycles. The number of amides is 1. The molecule has 0 bridgehead atoms. The molecule has 0 aliphatic carbocycles. The van der Waals surface area contributed by atoms with Crippen LogP contribution in [0.3, 0.4) is 0 Å². The maximum Gasteiger partial charge on any atom is 0.357 e. The standard InChI is InChI=1S/C10H10N2O5S/c11-10(13)8-5-4-6-2-1-3-7(9(6)17-8)12-18(14,15)16/h1-5,8,12H,(H2,11,13)(H,14,15,16). The first-order chi connectivity index (χ1) is 8.37. The van der Waals surface area contributed by atoms with Gasteiger partial charge in [0.2, 0.25) is 0 Å². The van der Waals surface area contributed by atoms with Gasteiger partial charge in [0.15, 0.2) is 11.9 Å². The van der Waals surface area contributed by atoms with E-state index in [9.17, 15) is 13.2 Å². The van der Waals surface area contributed by atoms with Crippen LogP contribution in [0, 0.1) is 0 Å². The molecule has 1 aliphatic heterocycles. The Kier molecular flexibility index (Phi) is 2.97. The molecule has 1 aromatic rings. The highest BCUT2D eigenvalue weighted by molar-refractivity contribution is 7.87. The number of nitrogens with one attached hydrogen (secondary N) is 1. The van der Waals surface area contributed by atoms with Gasteiger partial charge >= 0.3 is 10.3 Å². The van der Waals surface area contributed by atoms with Crippen molar-refractivity contribution in [2.45, 2.75) is 6.10 Å². The van der Waals surface area contributed by atoms with Gasteiger partial charge in [-0.2, -0.15) is 8.42 Å². The van der Waals surface area contributed by atoms with E-state index in [2.05, 4.69) is 0 Å². The third kappa shape index (κ3) is 2.60. The molecule has 1 amide bonds. The Bertz CT molecular complexity index is 623. The zero-order valence-corrected chi connectivity index (χ0v) is 9.85. The van der Waals surface area contributed by atoms with Gasteiger partial charge in [-0.05, 0) is 12.1 Å². The zero-order valence-electron chi connectivity index (χ0n) is 9.03. The number of carbonyl (C=O) groups excluding carboxylic acids is 1. The fraction of sp³-hybridized carbons (Fsp3) is 0.100. The molecular formula is C10H10N2O5S. The summed E-state index contributed by atoms with van der Waals surface area (Å²) >= 11 is 0. The molecule has 0 radical (unpaired) electrons. The minimum Gasteiger partial charge on any atom is -0.474 e. The number of hydrogen-bond donors (Lipinski definition) is 3. The zero-order chi connectivity index (χ0) is 13.3. The number of para-hydroxylation sites is 1. The van der Waals surface area contributed by atoms with Crippen molar-refractivity contribution < 1.29 is 22.5 Å². The lowest BCUT2D eigenvalue weighted by atomic mass is 10.1. The Morgan fingerprint density at radius 2 is 2.17 bits per heavy atom. The van der Waals surface area contributed by atoms with Crippen molar-refractivity contribution in [3.63, 3.8) is 0 Å². The summed E-state index contributed by atoms with van der Waals surface area (Å²) in [7, 11) is -4.42. The predicted molar refractivity (Wildman–Crippen MR) is 64.3 cm³/mol. The van der Waals surface area contributed by atoms with E-state index in [1.54, 1.807) is 18.2 Å². The summed E-state index contributed by atoms with van der Waals surface area (Å²) in [5, 5.41) is 0. The van der Waals surface area contributed by atoms with Gasteiger partial charge in [0, 0.05) is 5.56 Å². The molecule has 7 nitrogen and oxygen atoms in total. The minimum absolute atomic E-state index is 0.0330. The van der Waals surface area contributed by atoms with E-state index in [0.29, 0.717) is 5.56 Å². The lowest BCUT2D eigenvalue weighted by Gasteiger charge is -2.21. The molecule has 1 aliphatic rings. The highest BCUT2D eigenvalue weighted by atomic mass is 32.2. The number of primary amides is 1. The number of hydrogen-bond acceptors (Lipinski definition) is 4. The van der Waals surface area contributed by atoms with E-state index in [4.69, 9.17) is 15.0 Å². The van der Waals surface area contributed by atoms with Crippen LogP contribution in [0.5, 0.6) is 5.75 Å². The molecule has 1 heterocycles. The molecule has 1 atom stereocenters. The van der Waals surface area contributed by atoms with Gasteiger partial charge in [0.05, 0.1) is 5.69 Å². The minimum atomic E-state index is -4.42. The van der Waals surface area contributed by atoms with E-state index < -0.39 is 22.3 Å². The molecule has 4 N–H and O–H groups in total. The van der Waals surface area contributed by atoms with Crippen LogP contribution in [-0.2, 0) is 15.1 Å². The molecule has 2 rings (SSSR count). The van der Waals surface area contributed by atoms with Crippen LogP contribution in [0.4, 0.5) is 5.69 Å². The predicted octanol–water partition coefficient (Wildman–Crippen LogP) is 0.161. The SMILES string of the molecule is NC(=O)C1C=Cc2cccc(NS(=O)(=O)O)c2O1. The molecule has 0 aromatic heterocycles. The molecule has 0 saturated carbocycles. The summed E-state index contributed by atoms with van der Waals surface area (Å²) < 4.78 is 37.5. The number of nitrogens with two attached hydrogens (primary N) is 1. The monoisotopic (exact) mass is 270 g/mol. The molecule has 1 aromatic carbocycles. The van der Waals surface area contributed by atoms with Crippen LogP contribution >= 0.6 is 0 Å². The largest absolute Gasteiger partial charge is 0.474 e. The Hall–Kier alpha value is -2.06. The molecular weight excluding hydrogens is 260 g/mol. The molecule has 0 fully saturated rings. The molecule has 96 valence electrons. The van der Waals surface area contributed by atoms with Crippen molar-refractivity contribution >= 4 is 28.0 Å². The number of rotatable bonds is 3. The second-order valence-corrected chi connectivity index (χ2v) is 4.76.